The molecule has 7 heteroatoms. The lowest BCUT2D eigenvalue weighted by atomic mass is 9.92. The second-order valence-corrected chi connectivity index (χ2v) is 11.3. The smallest absolute Gasteiger partial charge is 0.254 e. The van der Waals surface area contributed by atoms with Gasteiger partial charge < -0.3 is 10.2 Å². The first-order chi connectivity index (χ1) is 14.2. The van der Waals surface area contributed by atoms with Crippen LogP contribution in [0.4, 0.5) is 5.82 Å². The fraction of sp³-hybridized carbons (Fsp3) is 0.542. The molecule has 1 aromatic heterocycles. The van der Waals surface area contributed by atoms with Crippen LogP contribution in [0, 0.1) is 5.92 Å². The molecule has 1 heterocycles. The fourth-order valence-electron chi connectivity index (χ4n) is 3.17. The molecular formula is C24H35BrN4O2. The third-order valence-corrected chi connectivity index (χ3v) is 5.15. The van der Waals surface area contributed by atoms with Crippen LogP contribution >= 0.6 is 15.9 Å². The summed E-state index contributed by atoms with van der Waals surface area (Å²) in [6.45, 7) is 16.9. The van der Waals surface area contributed by atoms with E-state index in [4.69, 9.17) is 5.10 Å². The monoisotopic (exact) mass is 490 g/mol. The lowest BCUT2D eigenvalue weighted by Crippen LogP contribution is -2.40. The van der Waals surface area contributed by atoms with Crippen LogP contribution in [0.1, 0.15) is 71.4 Å². The van der Waals surface area contributed by atoms with E-state index in [1.54, 1.807) is 17.0 Å². The van der Waals surface area contributed by atoms with Gasteiger partial charge in [-0.2, -0.15) is 5.10 Å². The van der Waals surface area contributed by atoms with E-state index in [1.807, 2.05) is 57.5 Å². The molecule has 0 saturated carbocycles. The summed E-state index contributed by atoms with van der Waals surface area (Å²) in [5.41, 5.74) is 1.02. The number of nitrogens with one attached hydrogen (secondary N) is 1. The molecule has 0 spiro atoms. The van der Waals surface area contributed by atoms with Crippen LogP contribution in [0.2, 0.25) is 0 Å². The van der Waals surface area contributed by atoms with Crippen molar-refractivity contribution in [3.8, 4) is 0 Å². The summed E-state index contributed by atoms with van der Waals surface area (Å²) in [4.78, 5) is 27.7. The van der Waals surface area contributed by atoms with Crippen molar-refractivity contribution in [2.75, 3.05) is 18.4 Å². The van der Waals surface area contributed by atoms with Crippen molar-refractivity contribution >= 4 is 33.6 Å². The first-order valence-electron chi connectivity index (χ1n) is 10.6. The summed E-state index contributed by atoms with van der Waals surface area (Å²) in [5.74, 6) is 0.470. The molecule has 0 aliphatic rings. The van der Waals surface area contributed by atoms with Gasteiger partial charge in [0, 0.05) is 28.1 Å². The Balaban J connectivity index is 2.27. The Kier molecular flexibility index (Phi) is 7.74. The zero-order chi connectivity index (χ0) is 23.6. The molecule has 0 atom stereocenters. The van der Waals surface area contributed by atoms with Crippen LogP contribution < -0.4 is 5.32 Å². The maximum absolute atomic E-state index is 13.1. The van der Waals surface area contributed by atoms with Crippen molar-refractivity contribution < 1.29 is 9.59 Å². The van der Waals surface area contributed by atoms with Gasteiger partial charge in [-0.05, 0) is 44.9 Å². The molecule has 0 aliphatic heterocycles. The molecule has 0 fully saturated rings. The first-order valence-corrected chi connectivity index (χ1v) is 11.4. The highest BCUT2D eigenvalue weighted by Crippen LogP contribution is 2.28. The Morgan fingerprint density at radius 1 is 1.13 bits per heavy atom. The second kappa shape index (κ2) is 9.55. The Hall–Kier alpha value is -2.15. The largest absolute Gasteiger partial charge is 0.329 e. The maximum atomic E-state index is 13.1. The van der Waals surface area contributed by atoms with Crippen LogP contribution in [0.5, 0.6) is 0 Å². The highest BCUT2D eigenvalue weighted by molar-refractivity contribution is 9.10. The quantitative estimate of drug-likeness (QED) is 0.586. The van der Waals surface area contributed by atoms with Gasteiger partial charge in [0.25, 0.3) is 5.91 Å². The number of benzene rings is 1. The van der Waals surface area contributed by atoms with Crippen LogP contribution in [-0.4, -0.2) is 39.6 Å². The Morgan fingerprint density at radius 2 is 1.77 bits per heavy atom. The lowest BCUT2D eigenvalue weighted by Gasteiger charge is -2.25. The molecule has 6 nitrogen and oxygen atoms in total. The number of aromatic nitrogens is 2. The molecule has 0 saturated heterocycles. The number of rotatable bonds is 6. The van der Waals surface area contributed by atoms with Crippen LogP contribution in [0.25, 0.3) is 0 Å². The number of amides is 2. The van der Waals surface area contributed by atoms with Crippen molar-refractivity contribution in [1.29, 1.82) is 0 Å². The zero-order valence-corrected chi connectivity index (χ0v) is 21.5. The Labute approximate surface area is 194 Å². The van der Waals surface area contributed by atoms with Gasteiger partial charge in [0.1, 0.15) is 12.4 Å². The summed E-state index contributed by atoms with van der Waals surface area (Å²) >= 11 is 3.41. The number of anilines is 1. The predicted octanol–water partition coefficient (Wildman–Crippen LogP) is 5.44. The first kappa shape index (κ1) is 25.1. The number of carbonyl (C=O) groups is 2. The van der Waals surface area contributed by atoms with Gasteiger partial charge in [-0.3, -0.25) is 9.59 Å². The van der Waals surface area contributed by atoms with Gasteiger partial charge in [-0.15, -0.1) is 0 Å². The van der Waals surface area contributed by atoms with Crippen LogP contribution in [0.15, 0.2) is 34.8 Å². The standard InChI is InChI=1S/C24H35BrN4O2/c1-16(2)14-28(22(31)17-10-9-11-18(25)12-17)15-21(30)26-20-13-19(23(3,4)5)27-29(20)24(6,7)8/h9-13,16H,14-15H2,1-8H3,(H,26,30). The van der Waals surface area contributed by atoms with E-state index >= 15 is 0 Å². The van der Waals surface area contributed by atoms with Crippen molar-refractivity contribution in [2.24, 2.45) is 5.92 Å². The van der Waals surface area contributed by atoms with E-state index in [-0.39, 0.29) is 35.2 Å². The number of hydrogen-bond acceptors (Lipinski definition) is 3. The maximum Gasteiger partial charge on any atom is 0.254 e. The molecule has 2 aromatic rings. The number of carbonyl (C=O) groups excluding carboxylic acids is 2. The van der Waals surface area contributed by atoms with Crippen molar-refractivity contribution in [3.05, 3.63) is 46.1 Å². The summed E-state index contributed by atoms with van der Waals surface area (Å²) in [6.07, 6.45) is 0. The van der Waals surface area contributed by atoms with E-state index in [0.29, 0.717) is 17.9 Å². The third kappa shape index (κ3) is 6.92. The average Bonchev–Trinajstić information content (AvgIpc) is 3.04. The average molecular weight is 491 g/mol. The van der Waals surface area contributed by atoms with E-state index < -0.39 is 0 Å². The summed E-state index contributed by atoms with van der Waals surface area (Å²) in [6, 6.07) is 9.16. The van der Waals surface area contributed by atoms with Crippen molar-refractivity contribution in [1.82, 2.24) is 14.7 Å². The van der Waals surface area contributed by atoms with Gasteiger partial charge in [0.15, 0.2) is 0 Å². The highest BCUT2D eigenvalue weighted by atomic mass is 79.9. The van der Waals surface area contributed by atoms with E-state index in [1.165, 1.54) is 0 Å². The molecular weight excluding hydrogens is 456 g/mol. The van der Waals surface area contributed by atoms with E-state index in [0.717, 1.165) is 10.2 Å². The SMILES string of the molecule is CC(C)CN(CC(=O)Nc1cc(C(C)(C)C)nn1C(C)(C)C)C(=O)c1cccc(Br)c1. The molecule has 2 rings (SSSR count). The van der Waals surface area contributed by atoms with E-state index in [9.17, 15) is 9.59 Å². The van der Waals surface area contributed by atoms with Gasteiger partial charge >= 0.3 is 0 Å². The minimum Gasteiger partial charge on any atom is -0.329 e. The summed E-state index contributed by atoms with van der Waals surface area (Å²) in [7, 11) is 0. The topological polar surface area (TPSA) is 67.2 Å². The van der Waals surface area contributed by atoms with Gasteiger partial charge in [0.05, 0.1) is 11.2 Å². The minimum atomic E-state index is -0.296. The van der Waals surface area contributed by atoms with Crippen LogP contribution in [-0.2, 0) is 15.7 Å². The molecule has 170 valence electrons. The van der Waals surface area contributed by atoms with Gasteiger partial charge in [-0.25, -0.2) is 4.68 Å². The van der Waals surface area contributed by atoms with Gasteiger partial charge in [-0.1, -0.05) is 56.6 Å². The molecule has 0 radical (unpaired) electrons. The molecule has 2 amide bonds. The van der Waals surface area contributed by atoms with Crippen molar-refractivity contribution in [3.63, 3.8) is 0 Å². The summed E-state index contributed by atoms with van der Waals surface area (Å²) < 4.78 is 2.67. The molecule has 0 aliphatic carbocycles. The van der Waals surface area contributed by atoms with Gasteiger partial charge in [0.2, 0.25) is 5.91 Å². The Bertz CT molecular complexity index is 936. The molecule has 0 bridgehead atoms. The molecule has 1 aromatic carbocycles. The number of hydrogen-bond donors (Lipinski definition) is 1. The van der Waals surface area contributed by atoms with Crippen molar-refractivity contribution in [2.45, 2.75) is 66.3 Å². The normalized spacial score (nSPS) is 12.2. The molecule has 1 N–H and O–H groups in total. The number of nitrogens with zero attached hydrogens (tertiary/aromatic N) is 3. The fourth-order valence-corrected chi connectivity index (χ4v) is 3.57. The predicted molar refractivity (Wildman–Crippen MR) is 129 cm³/mol. The third-order valence-electron chi connectivity index (χ3n) is 4.66. The van der Waals surface area contributed by atoms with E-state index in [2.05, 4.69) is 42.0 Å². The second-order valence-electron chi connectivity index (χ2n) is 10.4. The lowest BCUT2D eigenvalue weighted by molar-refractivity contribution is -0.117. The molecule has 0 unspecified atom stereocenters. The zero-order valence-electron chi connectivity index (χ0n) is 19.9. The summed E-state index contributed by atoms with van der Waals surface area (Å²) in [5, 5.41) is 7.73. The Morgan fingerprint density at radius 3 is 2.29 bits per heavy atom. The molecule has 31 heavy (non-hydrogen) atoms. The number of halogens is 1. The highest BCUT2D eigenvalue weighted by Gasteiger charge is 2.27. The minimum absolute atomic E-state index is 0.0241. The van der Waals surface area contributed by atoms with Crippen LogP contribution in [0.3, 0.4) is 0 Å².